The van der Waals surface area contributed by atoms with Crippen LogP contribution in [0.2, 0.25) is 0 Å². The molecule has 1 heterocycles. The molecule has 0 N–H and O–H groups in total. The topological polar surface area (TPSA) is 29.5 Å². The van der Waals surface area contributed by atoms with Gasteiger partial charge in [-0.15, -0.1) is 0 Å². The molecule has 0 radical (unpaired) electrons. The zero-order valence-corrected chi connectivity index (χ0v) is 15.4. The molecule has 0 aliphatic carbocycles. The Balaban J connectivity index is 2.00. The van der Waals surface area contributed by atoms with E-state index in [0.29, 0.717) is 6.61 Å². The van der Waals surface area contributed by atoms with Gasteiger partial charge in [0.15, 0.2) is 0 Å². The summed E-state index contributed by atoms with van der Waals surface area (Å²) in [6, 6.07) is 20.4. The molecule has 3 heteroatoms. The van der Waals surface area contributed by atoms with Crippen molar-refractivity contribution in [2.24, 2.45) is 0 Å². The van der Waals surface area contributed by atoms with Crippen LogP contribution in [0.1, 0.15) is 37.3 Å². The van der Waals surface area contributed by atoms with Crippen LogP contribution in [0.25, 0.3) is 0 Å². The van der Waals surface area contributed by atoms with Gasteiger partial charge in [0.05, 0.1) is 12.2 Å². The molecule has 3 rings (SSSR count). The van der Waals surface area contributed by atoms with Gasteiger partial charge in [-0.05, 0) is 24.5 Å². The van der Waals surface area contributed by atoms with Crippen molar-refractivity contribution in [3.8, 4) is 0 Å². The van der Waals surface area contributed by atoms with Crippen LogP contribution in [0.3, 0.4) is 0 Å². The van der Waals surface area contributed by atoms with Crippen molar-refractivity contribution in [3.05, 3.63) is 95.3 Å². The average molecular weight is 347 g/mol. The number of allylic oxidation sites excluding steroid dienone is 2. The number of ether oxygens (including phenoxy) is 1. The summed E-state index contributed by atoms with van der Waals surface area (Å²) in [4.78, 5) is 15.0. The van der Waals surface area contributed by atoms with E-state index in [1.807, 2.05) is 43.3 Å². The van der Waals surface area contributed by atoms with Crippen molar-refractivity contribution >= 4 is 5.97 Å². The molecule has 0 amide bonds. The number of esters is 1. The predicted octanol–water partition coefficient (Wildman–Crippen LogP) is 5.03. The van der Waals surface area contributed by atoms with Crippen LogP contribution in [0.4, 0.5) is 0 Å². The Kier molecular flexibility index (Phi) is 5.90. The largest absolute Gasteiger partial charge is 0.463 e. The third-order valence-corrected chi connectivity index (χ3v) is 4.61. The Morgan fingerprint density at radius 2 is 1.65 bits per heavy atom. The van der Waals surface area contributed by atoms with Crippen molar-refractivity contribution in [2.45, 2.75) is 32.7 Å². The Labute approximate surface area is 155 Å². The van der Waals surface area contributed by atoms with Crippen molar-refractivity contribution in [1.82, 2.24) is 4.90 Å². The first-order valence-corrected chi connectivity index (χ1v) is 9.18. The van der Waals surface area contributed by atoms with E-state index in [-0.39, 0.29) is 11.9 Å². The summed E-state index contributed by atoms with van der Waals surface area (Å²) in [5.74, 6) is -0.294. The van der Waals surface area contributed by atoms with Gasteiger partial charge in [0, 0.05) is 24.4 Å². The van der Waals surface area contributed by atoms with Gasteiger partial charge in [-0.2, -0.15) is 0 Å². The van der Waals surface area contributed by atoms with E-state index < -0.39 is 0 Å². The fourth-order valence-electron chi connectivity index (χ4n) is 3.42. The molecule has 1 unspecified atom stereocenters. The molecule has 3 nitrogen and oxygen atoms in total. The highest BCUT2D eigenvalue weighted by Gasteiger charge is 2.30. The highest BCUT2D eigenvalue weighted by molar-refractivity contribution is 5.92. The second-order valence-corrected chi connectivity index (χ2v) is 6.28. The standard InChI is InChI=1S/C23H25NO2/c1-3-21-22(23(25)26-4-2)20(19-13-9-6-10-14-19)15-16-24(21)17-18-11-7-5-8-12-18/h5-16,20H,3-4,17H2,1-2H3. The maximum Gasteiger partial charge on any atom is 0.336 e. The summed E-state index contributed by atoms with van der Waals surface area (Å²) >= 11 is 0. The van der Waals surface area contributed by atoms with Gasteiger partial charge in [0.2, 0.25) is 0 Å². The molecular formula is C23H25NO2. The molecule has 2 aromatic carbocycles. The molecule has 0 spiro atoms. The lowest BCUT2D eigenvalue weighted by molar-refractivity contribution is -0.139. The van der Waals surface area contributed by atoms with Crippen LogP contribution in [-0.4, -0.2) is 17.5 Å². The highest BCUT2D eigenvalue weighted by atomic mass is 16.5. The van der Waals surface area contributed by atoms with Gasteiger partial charge in [0.1, 0.15) is 0 Å². The molecule has 0 bridgehead atoms. The lowest BCUT2D eigenvalue weighted by Crippen LogP contribution is -2.27. The summed E-state index contributed by atoms with van der Waals surface area (Å²) in [5.41, 5.74) is 4.10. The molecule has 1 aliphatic heterocycles. The second kappa shape index (κ2) is 8.52. The van der Waals surface area contributed by atoms with Crippen LogP contribution in [-0.2, 0) is 16.1 Å². The first kappa shape index (κ1) is 18.0. The van der Waals surface area contributed by atoms with Gasteiger partial charge in [-0.1, -0.05) is 73.7 Å². The molecule has 2 aromatic rings. The molecule has 1 atom stereocenters. The fraction of sp³-hybridized carbons (Fsp3) is 0.261. The molecule has 26 heavy (non-hydrogen) atoms. The Morgan fingerprint density at radius 1 is 1.00 bits per heavy atom. The normalized spacial score (nSPS) is 16.7. The predicted molar refractivity (Wildman–Crippen MR) is 104 cm³/mol. The van der Waals surface area contributed by atoms with E-state index in [1.54, 1.807) is 0 Å². The number of rotatable bonds is 6. The van der Waals surface area contributed by atoms with Crippen LogP contribution >= 0.6 is 0 Å². The summed E-state index contributed by atoms with van der Waals surface area (Å²) in [5, 5.41) is 0. The molecule has 0 aromatic heterocycles. The van der Waals surface area contributed by atoms with E-state index in [9.17, 15) is 4.79 Å². The van der Waals surface area contributed by atoms with Crippen molar-refractivity contribution in [3.63, 3.8) is 0 Å². The van der Waals surface area contributed by atoms with Crippen LogP contribution in [0.5, 0.6) is 0 Å². The van der Waals surface area contributed by atoms with E-state index in [0.717, 1.165) is 29.8 Å². The minimum atomic E-state index is -0.222. The molecule has 0 saturated carbocycles. The maximum atomic E-state index is 12.8. The quantitative estimate of drug-likeness (QED) is 0.687. The Bertz CT molecular complexity index is 793. The van der Waals surface area contributed by atoms with E-state index in [1.165, 1.54) is 5.56 Å². The molecule has 134 valence electrons. The van der Waals surface area contributed by atoms with E-state index >= 15 is 0 Å². The van der Waals surface area contributed by atoms with Gasteiger partial charge in [-0.3, -0.25) is 0 Å². The maximum absolute atomic E-state index is 12.8. The third kappa shape index (κ3) is 3.88. The number of hydrogen-bond acceptors (Lipinski definition) is 3. The van der Waals surface area contributed by atoms with Crippen molar-refractivity contribution in [1.29, 1.82) is 0 Å². The summed E-state index contributed by atoms with van der Waals surface area (Å²) in [7, 11) is 0. The fourth-order valence-corrected chi connectivity index (χ4v) is 3.42. The molecular weight excluding hydrogens is 322 g/mol. The van der Waals surface area contributed by atoms with Gasteiger partial charge >= 0.3 is 5.97 Å². The van der Waals surface area contributed by atoms with E-state index in [2.05, 4.69) is 48.4 Å². The van der Waals surface area contributed by atoms with Crippen LogP contribution in [0.15, 0.2) is 84.2 Å². The SMILES string of the molecule is CCOC(=O)C1=C(CC)N(Cc2ccccc2)C=CC1c1ccccc1. The zero-order valence-electron chi connectivity index (χ0n) is 15.4. The van der Waals surface area contributed by atoms with Crippen molar-refractivity contribution in [2.75, 3.05) is 6.61 Å². The van der Waals surface area contributed by atoms with Gasteiger partial charge in [0.25, 0.3) is 0 Å². The van der Waals surface area contributed by atoms with Crippen LogP contribution < -0.4 is 0 Å². The average Bonchev–Trinajstić information content (AvgIpc) is 2.69. The van der Waals surface area contributed by atoms with Gasteiger partial charge < -0.3 is 9.64 Å². The Hall–Kier alpha value is -2.81. The monoisotopic (exact) mass is 347 g/mol. The molecule has 0 fully saturated rings. The number of hydrogen-bond donors (Lipinski definition) is 0. The first-order valence-electron chi connectivity index (χ1n) is 9.18. The van der Waals surface area contributed by atoms with Crippen LogP contribution in [0, 0.1) is 0 Å². The summed E-state index contributed by atoms with van der Waals surface area (Å²) in [6.45, 7) is 5.06. The lowest BCUT2D eigenvalue weighted by Gasteiger charge is -2.32. The Morgan fingerprint density at radius 3 is 2.27 bits per heavy atom. The summed E-state index contributed by atoms with van der Waals surface area (Å²) < 4.78 is 5.41. The second-order valence-electron chi connectivity index (χ2n) is 6.28. The number of benzene rings is 2. The third-order valence-electron chi connectivity index (χ3n) is 4.61. The minimum absolute atomic E-state index is 0.0720. The smallest absolute Gasteiger partial charge is 0.336 e. The minimum Gasteiger partial charge on any atom is -0.463 e. The highest BCUT2D eigenvalue weighted by Crippen LogP contribution is 2.36. The number of carbonyl (C=O) groups excluding carboxylic acids is 1. The van der Waals surface area contributed by atoms with Gasteiger partial charge in [-0.25, -0.2) is 4.79 Å². The zero-order chi connectivity index (χ0) is 18.4. The van der Waals surface area contributed by atoms with E-state index in [4.69, 9.17) is 4.74 Å². The number of carbonyl (C=O) groups is 1. The summed E-state index contributed by atoms with van der Waals surface area (Å²) in [6.07, 6.45) is 4.98. The lowest BCUT2D eigenvalue weighted by atomic mass is 9.86. The van der Waals surface area contributed by atoms with Crippen molar-refractivity contribution < 1.29 is 9.53 Å². The molecule has 0 saturated heterocycles. The first-order chi connectivity index (χ1) is 12.7. The number of nitrogens with zero attached hydrogens (tertiary/aromatic N) is 1. The molecule has 1 aliphatic rings.